The molecule has 2 heteroatoms. The van der Waals surface area contributed by atoms with E-state index in [1.807, 2.05) is 12.1 Å². The van der Waals surface area contributed by atoms with Crippen molar-refractivity contribution in [2.24, 2.45) is 5.73 Å². The Morgan fingerprint density at radius 3 is 2.06 bits per heavy atom. The third-order valence-electron chi connectivity index (χ3n) is 2.62. The molecule has 1 aromatic carbocycles. The van der Waals surface area contributed by atoms with Crippen molar-refractivity contribution in [3.05, 3.63) is 66.3 Å². The number of benzene rings is 1. The quantitative estimate of drug-likeness (QED) is 0.620. The molecule has 0 fully saturated rings. The molecule has 1 aromatic rings. The molecular weight excluding hydrogens is 210 g/mol. The van der Waals surface area contributed by atoms with Crippen LogP contribution in [0, 0.1) is 0 Å². The van der Waals surface area contributed by atoms with Gasteiger partial charge in [0.25, 0.3) is 0 Å². The van der Waals surface area contributed by atoms with E-state index in [0.717, 1.165) is 16.7 Å². The van der Waals surface area contributed by atoms with Gasteiger partial charge < -0.3 is 5.73 Å². The highest BCUT2D eigenvalue weighted by Gasteiger charge is 2.04. The summed E-state index contributed by atoms with van der Waals surface area (Å²) in [6.07, 6.45) is 3.49. The Bertz CT molecular complexity index is 466. The van der Waals surface area contributed by atoms with Crippen LogP contribution in [0.4, 0.5) is 0 Å². The lowest BCUT2D eigenvalue weighted by Crippen LogP contribution is -2.03. The molecule has 2 nitrogen and oxygen atoms in total. The van der Waals surface area contributed by atoms with Gasteiger partial charge in [-0.1, -0.05) is 49.6 Å². The highest BCUT2D eigenvalue weighted by atomic mass is 16.1. The number of hydrogen-bond acceptors (Lipinski definition) is 2. The normalized spacial score (nSPS) is 11.6. The molecule has 0 atom stereocenters. The summed E-state index contributed by atoms with van der Waals surface area (Å²) < 4.78 is 0. The van der Waals surface area contributed by atoms with Crippen molar-refractivity contribution in [1.29, 1.82) is 0 Å². The zero-order chi connectivity index (χ0) is 12.8. The number of Topliss-reactive ketones (excluding diaryl/α,β-unsaturated/α-hetero) is 1. The fraction of sp³-hybridized carbons (Fsp3) is 0.133. The van der Waals surface area contributed by atoms with E-state index >= 15 is 0 Å². The lowest BCUT2D eigenvalue weighted by molar-refractivity contribution is 0.101. The van der Waals surface area contributed by atoms with Gasteiger partial charge >= 0.3 is 0 Å². The molecule has 1 rings (SSSR count). The molecule has 0 aliphatic carbocycles. The minimum atomic E-state index is 0.0588. The minimum Gasteiger partial charge on any atom is -0.326 e. The second-order valence-electron chi connectivity index (χ2n) is 3.68. The van der Waals surface area contributed by atoms with Crippen LogP contribution in [0.15, 0.2) is 55.1 Å². The first-order valence-corrected chi connectivity index (χ1v) is 5.43. The van der Waals surface area contributed by atoms with Crippen molar-refractivity contribution in [1.82, 2.24) is 0 Å². The first-order valence-electron chi connectivity index (χ1n) is 5.43. The summed E-state index contributed by atoms with van der Waals surface area (Å²) in [4.78, 5) is 11.2. The van der Waals surface area contributed by atoms with Gasteiger partial charge in [0.2, 0.25) is 0 Å². The summed E-state index contributed by atoms with van der Waals surface area (Å²) in [7, 11) is 0. The summed E-state index contributed by atoms with van der Waals surface area (Å²) >= 11 is 0. The van der Waals surface area contributed by atoms with E-state index in [2.05, 4.69) is 13.2 Å². The van der Waals surface area contributed by atoms with E-state index < -0.39 is 0 Å². The molecule has 0 unspecified atom stereocenters. The molecule has 0 aromatic heterocycles. The van der Waals surface area contributed by atoms with Crippen molar-refractivity contribution in [2.45, 2.75) is 6.92 Å². The highest BCUT2D eigenvalue weighted by Crippen LogP contribution is 2.20. The maximum atomic E-state index is 11.2. The number of ketones is 1. The third kappa shape index (κ3) is 3.02. The van der Waals surface area contributed by atoms with E-state index in [-0.39, 0.29) is 5.78 Å². The van der Waals surface area contributed by atoms with Crippen molar-refractivity contribution < 1.29 is 4.79 Å². The van der Waals surface area contributed by atoms with Gasteiger partial charge in [-0.15, -0.1) is 0 Å². The number of nitrogens with two attached hydrogens (primary N) is 1. The van der Waals surface area contributed by atoms with Crippen LogP contribution in [0.2, 0.25) is 0 Å². The molecular formula is C15H17NO. The van der Waals surface area contributed by atoms with Crippen molar-refractivity contribution in [2.75, 3.05) is 6.54 Å². The molecule has 0 radical (unpaired) electrons. The van der Waals surface area contributed by atoms with Gasteiger partial charge in [0.15, 0.2) is 5.78 Å². The predicted molar refractivity (Wildman–Crippen MR) is 72.8 cm³/mol. The van der Waals surface area contributed by atoms with Crippen molar-refractivity contribution in [3.63, 3.8) is 0 Å². The predicted octanol–water partition coefficient (Wildman–Crippen LogP) is 2.97. The standard InChI is InChI=1S/C15H17NO/c1-4-12(10-16)15(5-2)14-8-6-13(7-9-14)11(3)17/h4-9H,1-2,10,16H2,3H3/b15-12-. The smallest absolute Gasteiger partial charge is 0.159 e. The lowest BCUT2D eigenvalue weighted by atomic mass is 9.98. The summed E-state index contributed by atoms with van der Waals surface area (Å²) in [6, 6.07) is 7.40. The van der Waals surface area contributed by atoms with Gasteiger partial charge in [0.1, 0.15) is 0 Å². The first-order chi connectivity index (χ1) is 8.13. The van der Waals surface area contributed by atoms with Crippen LogP contribution in [0.3, 0.4) is 0 Å². The molecule has 0 bridgehead atoms. The molecule has 0 aliphatic rings. The van der Waals surface area contributed by atoms with Crippen LogP contribution in [0.1, 0.15) is 22.8 Å². The van der Waals surface area contributed by atoms with Crippen LogP contribution in [-0.4, -0.2) is 12.3 Å². The SMILES string of the molecule is C=C/C(CN)=C(\C=C)c1ccc(C(C)=O)cc1. The Balaban J connectivity index is 3.23. The van der Waals surface area contributed by atoms with E-state index in [1.165, 1.54) is 0 Å². The van der Waals surface area contributed by atoms with Gasteiger partial charge in [-0.25, -0.2) is 0 Å². The van der Waals surface area contributed by atoms with Gasteiger partial charge in [-0.2, -0.15) is 0 Å². The third-order valence-corrected chi connectivity index (χ3v) is 2.62. The Kier molecular flexibility index (Phi) is 4.61. The second-order valence-corrected chi connectivity index (χ2v) is 3.68. The van der Waals surface area contributed by atoms with Crippen LogP contribution < -0.4 is 5.73 Å². The van der Waals surface area contributed by atoms with Crippen LogP contribution in [0.5, 0.6) is 0 Å². The topological polar surface area (TPSA) is 43.1 Å². The van der Waals surface area contributed by atoms with E-state index in [9.17, 15) is 4.79 Å². The number of allylic oxidation sites excluding steroid dienone is 2. The summed E-state index contributed by atoms with van der Waals surface area (Å²) in [5, 5.41) is 0. The number of hydrogen-bond donors (Lipinski definition) is 1. The molecule has 0 heterocycles. The highest BCUT2D eigenvalue weighted by molar-refractivity contribution is 5.94. The zero-order valence-electron chi connectivity index (χ0n) is 10.1. The molecule has 2 N–H and O–H groups in total. The fourth-order valence-corrected chi connectivity index (χ4v) is 1.62. The van der Waals surface area contributed by atoms with Gasteiger partial charge in [0.05, 0.1) is 0 Å². The van der Waals surface area contributed by atoms with E-state index in [0.29, 0.717) is 12.1 Å². The summed E-state index contributed by atoms with van der Waals surface area (Å²) in [5.41, 5.74) is 9.23. The minimum absolute atomic E-state index is 0.0588. The van der Waals surface area contributed by atoms with Gasteiger partial charge in [-0.05, 0) is 23.6 Å². The number of rotatable bonds is 5. The summed E-state index contributed by atoms with van der Waals surface area (Å²) in [5.74, 6) is 0.0588. The number of carbonyl (C=O) groups is 1. The van der Waals surface area contributed by atoms with E-state index in [4.69, 9.17) is 5.73 Å². The lowest BCUT2D eigenvalue weighted by Gasteiger charge is -2.08. The molecule has 0 amide bonds. The Hall–Kier alpha value is -1.93. The Morgan fingerprint density at radius 1 is 1.18 bits per heavy atom. The summed E-state index contributed by atoms with van der Waals surface area (Å²) in [6.45, 7) is 9.48. The largest absolute Gasteiger partial charge is 0.326 e. The molecule has 0 spiro atoms. The molecule has 17 heavy (non-hydrogen) atoms. The average molecular weight is 227 g/mol. The maximum Gasteiger partial charge on any atom is 0.159 e. The second kappa shape index (κ2) is 5.97. The molecule has 0 aliphatic heterocycles. The zero-order valence-corrected chi connectivity index (χ0v) is 10.1. The number of carbonyl (C=O) groups excluding carboxylic acids is 1. The Labute approximate surface area is 102 Å². The molecule has 88 valence electrons. The molecule has 0 saturated heterocycles. The monoisotopic (exact) mass is 227 g/mol. The Morgan fingerprint density at radius 2 is 1.71 bits per heavy atom. The molecule has 0 saturated carbocycles. The van der Waals surface area contributed by atoms with Crippen LogP contribution >= 0.6 is 0 Å². The van der Waals surface area contributed by atoms with Gasteiger partial charge in [-0.3, -0.25) is 4.79 Å². The first kappa shape index (κ1) is 13.1. The van der Waals surface area contributed by atoms with Crippen molar-refractivity contribution >= 4 is 11.4 Å². The maximum absolute atomic E-state index is 11.2. The fourth-order valence-electron chi connectivity index (χ4n) is 1.62. The average Bonchev–Trinajstić information content (AvgIpc) is 2.36. The van der Waals surface area contributed by atoms with Crippen molar-refractivity contribution in [3.8, 4) is 0 Å². The van der Waals surface area contributed by atoms with Gasteiger partial charge in [0, 0.05) is 12.1 Å². The van der Waals surface area contributed by atoms with Crippen LogP contribution in [-0.2, 0) is 0 Å². The van der Waals surface area contributed by atoms with E-state index in [1.54, 1.807) is 31.2 Å². The van der Waals surface area contributed by atoms with Crippen LogP contribution in [0.25, 0.3) is 5.57 Å².